The fraction of sp³-hybridized carbons (Fsp3) is 0.211. The zero-order valence-corrected chi connectivity index (χ0v) is 16.5. The smallest absolute Gasteiger partial charge is 0.475 e. The van der Waals surface area contributed by atoms with Crippen molar-refractivity contribution in [3.05, 3.63) is 65.0 Å². The summed E-state index contributed by atoms with van der Waals surface area (Å²) in [4.78, 5) is 39.4. The van der Waals surface area contributed by atoms with E-state index >= 15 is 0 Å². The van der Waals surface area contributed by atoms with Crippen molar-refractivity contribution in [3.8, 4) is 11.4 Å². The maximum Gasteiger partial charge on any atom is 0.490 e. The van der Waals surface area contributed by atoms with Crippen molar-refractivity contribution in [2.45, 2.75) is 19.1 Å². The molecule has 2 aromatic heterocycles. The number of alkyl halides is 3. The topological polar surface area (TPSA) is 112 Å². The minimum Gasteiger partial charge on any atom is -0.475 e. The third-order valence-electron chi connectivity index (χ3n) is 4.28. The summed E-state index contributed by atoms with van der Waals surface area (Å²) in [5.41, 5.74) is 3.05. The van der Waals surface area contributed by atoms with Crippen molar-refractivity contribution in [1.29, 1.82) is 0 Å². The zero-order valence-electron chi connectivity index (χ0n) is 15.7. The Kier molecular flexibility index (Phi) is 6.54. The standard InChI is InChI=1S/C17H14ClN5O.C2HF3O2/c18-12-8-19-16(11-4-2-1-3-5-11)22-15(12)17(24)23-7-6-13-14(9-23)21-10-20-13;3-2(4,5)1(6)7/h1-5,8,10H,6-7,9H2,(H,20,21);(H,6,7). The van der Waals surface area contributed by atoms with Crippen LogP contribution in [0.5, 0.6) is 0 Å². The lowest BCUT2D eigenvalue weighted by atomic mass is 10.1. The number of aromatic amines is 1. The Morgan fingerprint density at radius 2 is 1.84 bits per heavy atom. The number of fused-ring (bicyclic) bond motifs is 1. The summed E-state index contributed by atoms with van der Waals surface area (Å²) in [5, 5.41) is 7.38. The molecule has 1 amide bonds. The lowest BCUT2D eigenvalue weighted by Crippen LogP contribution is -2.36. The Labute approximate surface area is 178 Å². The van der Waals surface area contributed by atoms with Gasteiger partial charge in [-0.15, -0.1) is 0 Å². The summed E-state index contributed by atoms with van der Waals surface area (Å²) in [6.45, 7) is 1.08. The Morgan fingerprint density at radius 1 is 1.16 bits per heavy atom. The number of hydrogen-bond acceptors (Lipinski definition) is 5. The van der Waals surface area contributed by atoms with Crippen LogP contribution in [0.4, 0.5) is 13.2 Å². The van der Waals surface area contributed by atoms with E-state index in [2.05, 4.69) is 19.9 Å². The van der Waals surface area contributed by atoms with Gasteiger partial charge < -0.3 is 15.0 Å². The first-order chi connectivity index (χ1) is 14.7. The molecular formula is C19H15ClF3N5O3. The number of hydrogen-bond donors (Lipinski definition) is 2. The predicted molar refractivity (Wildman–Crippen MR) is 103 cm³/mol. The van der Waals surface area contributed by atoms with Crippen molar-refractivity contribution >= 4 is 23.5 Å². The summed E-state index contributed by atoms with van der Waals surface area (Å²) in [7, 11) is 0. The summed E-state index contributed by atoms with van der Waals surface area (Å²) < 4.78 is 31.7. The van der Waals surface area contributed by atoms with Gasteiger partial charge in [0.05, 0.1) is 35.5 Å². The van der Waals surface area contributed by atoms with Crippen LogP contribution in [0.3, 0.4) is 0 Å². The van der Waals surface area contributed by atoms with Crippen molar-refractivity contribution in [2.75, 3.05) is 6.54 Å². The van der Waals surface area contributed by atoms with Crippen molar-refractivity contribution in [1.82, 2.24) is 24.8 Å². The summed E-state index contributed by atoms with van der Waals surface area (Å²) in [6, 6.07) is 9.52. The van der Waals surface area contributed by atoms with Gasteiger partial charge in [-0.1, -0.05) is 41.9 Å². The molecule has 12 heteroatoms. The van der Waals surface area contributed by atoms with E-state index in [4.69, 9.17) is 21.5 Å². The lowest BCUT2D eigenvalue weighted by Gasteiger charge is -2.26. The number of nitrogens with zero attached hydrogens (tertiary/aromatic N) is 4. The number of halogens is 4. The highest BCUT2D eigenvalue weighted by Gasteiger charge is 2.38. The normalized spacial score (nSPS) is 13.1. The monoisotopic (exact) mass is 453 g/mol. The molecule has 0 saturated heterocycles. The molecule has 3 aromatic rings. The third kappa shape index (κ3) is 5.37. The molecule has 0 saturated carbocycles. The number of rotatable bonds is 2. The van der Waals surface area contributed by atoms with Gasteiger partial charge >= 0.3 is 12.1 Å². The van der Waals surface area contributed by atoms with Gasteiger partial charge in [0.2, 0.25) is 0 Å². The maximum atomic E-state index is 12.9. The van der Waals surface area contributed by atoms with Crippen LogP contribution in [0, 0.1) is 0 Å². The molecular weight excluding hydrogens is 439 g/mol. The van der Waals surface area contributed by atoms with Crippen LogP contribution in [0.25, 0.3) is 11.4 Å². The number of carboxylic acids is 1. The van der Waals surface area contributed by atoms with E-state index in [0.29, 0.717) is 18.9 Å². The van der Waals surface area contributed by atoms with Gasteiger partial charge in [0.1, 0.15) is 0 Å². The molecule has 0 radical (unpaired) electrons. The molecule has 0 atom stereocenters. The van der Waals surface area contributed by atoms with Crippen LogP contribution < -0.4 is 0 Å². The van der Waals surface area contributed by atoms with Gasteiger partial charge in [-0.25, -0.2) is 19.7 Å². The van der Waals surface area contributed by atoms with Crippen LogP contribution in [0.2, 0.25) is 5.02 Å². The van der Waals surface area contributed by atoms with Crippen LogP contribution >= 0.6 is 11.6 Å². The molecule has 8 nitrogen and oxygen atoms in total. The predicted octanol–water partition coefficient (Wildman–Crippen LogP) is 3.35. The first kappa shape index (κ1) is 22.2. The first-order valence-electron chi connectivity index (χ1n) is 8.85. The van der Waals surface area contributed by atoms with E-state index < -0.39 is 12.1 Å². The first-order valence-corrected chi connectivity index (χ1v) is 9.23. The second kappa shape index (κ2) is 9.13. The molecule has 0 fully saturated rings. The molecule has 0 aliphatic carbocycles. The van der Waals surface area contributed by atoms with E-state index in [0.717, 1.165) is 23.4 Å². The van der Waals surface area contributed by atoms with Crippen LogP contribution in [-0.4, -0.2) is 54.5 Å². The number of aliphatic carboxylic acids is 1. The molecule has 162 valence electrons. The molecule has 0 spiro atoms. The number of imidazole rings is 1. The number of amides is 1. The van der Waals surface area contributed by atoms with Crippen LogP contribution in [-0.2, 0) is 17.8 Å². The molecule has 31 heavy (non-hydrogen) atoms. The molecule has 1 aliphatic heterocycles. The van der Waals surface area contributed by atoms with Gasteiger partial charge in [0, 0.05) is 18.5 Å². The van der Waals surface area contributed by atoms with Crippen LogP contribution in [0.1, 0.15) is 21.9 Å². The van der Waals surface area contributed by atoms with Gasteiger partial charge in [-0.3, -0.25) is 4.79 Å². The Morgan fingerprint density at radius 3 is 2.48 bits per heavy atom. The minimum absolute atomic E-state index is 0.195. The van der Waals surface area contributed by atoms with Gasteiger partial charge in [0.25, 0.3) is 5.91 Å². The minimum atomic E-state index is -5.08. The van der Waals surface area contributed by atoms with Gasteiger partial charge in [-0.05, 0) is 0 Å². The number of carbonyl (C=O) groups is 2. The van der Waals surface area contributed by atoms with Crippen LogP contribution in [0.15, 0.2) is 42.9 Å². The summed E-state index contributed by atoms with van der Waals surface area (Å²) >= 11 is 6.18. The van der Waals surface area contributed by atoms with E-state index in [9.17, 15) is 18.0 Å². The van der Waals surface area contributed by atoms with E-state index in [-0.39, 0.29) is 16.6 Å². The van der Waals surface area contributed by atoms with Gasteiger partial charge in [-0.2, -0.15) is 13.2 Å². The highest BCUT2D eigenvalue weighted by molar-refractivity contribution is 6.33. The molecule has 0 bridgehead atoms. The maximum absolute atomic E-state index is 12.9. The molecule has 3 heterocycles. The number of carbonyl (C=O) groups excluding carboxylic acids is 1. The van der Waals surface area contributed by atoms with E-state index in [1.807, 2.05) is 30.3 Å². The second-order valence-electron chi connectivity index (χ2n) is 6.36. The van der Waals surface area contributed by atoms with Crippen molar-refractivity contribution < 1.29 is 27.9 Å². The Bertz CT molecular complexity index is 1090. The average molecular weight is 454 g/mol. The fourth-order valence-corrected chi connectivity index (χ4v) is 2.95. The molecule has 1 aliphatic rings. The molecule has 2 N–H and O–H groups in total. The molecule has 4 rings (SSSR count). The number of H-pyrrole nitrogens is 1. The van der Waals surface area contributed by atoms with Crippen molar-refractivity contribution in [3.63, 3.8) is 0 Å². The second-order valence-corrected chi connectivity index (χ2v) is 6.77. The number of carboxylic acid groups (broad SMARTS) is 1. The van der Waals surface area contributed by atoms with E-state index in [1.54, 1.807) is 11.2 Å². The van der Waals surface area contributed by atoms with Crippen molar-refractivity contribution in [2.24, 2.45) is 0 Å². The third-order valence-corrected chi connectivity index (χ3v) is 4.56. The number of benzene rings is 1. The summed E-state index contributed by atoms with van der Waals surface area (Å²) in [6.07, 6.45) is -1.22. The quantitative estimate of drug-likeness (QED) is 0.615. The largest absolute Gasteiger partial charge is 0.490 e. The fourth-order valence-electron chi connectivity index (χ4n) is 2.78. The average Bonchev–Trinajstić information content (AvgIpc) is 3.22. The SMILES string of the molecule is O=C(O)C(F)(F)F.O=C(c1nc(-c2ccccc2)ncc1Cl)N1CCc2nc[nH]c2C1. The number of aromatic nitrogens is 4. The van der Waals surface area contributed by atoms with Gasteiger partial charge in [0.15, 0.2) is 11.5 Å². The highest BCUT2D eigenvalue weighted by atomic mass is 35.5. The van der Waals surface area contributed by atoms with E-state index in [1.165, 1.54) is 6.20 Å². The summed E-state index contributed by atoms with van der Waals surface area (Å²) in [5.74, 6) is -2.46. The Balaban J connectivity index is 0.000000339. The Hall–Kier alpha value is -3.47. The zero-order chi connectivity index (χ0) is 22.6. The lowest BCUT2D eigenvalue weighted by molar-refractivity contribution is -0.192. The molecule has 0 unspecified atom stereocenters. The highest BCUT2D eigenvalue weighted by Crippen LogP contribution is 2.23. The number of nitrogens with one attached hydrogen (secondary N) is 1. The molecule has 1 aromatic carbocycles.